The number of nitrogen functional groups attached to an aromatic ring is 1. The SMILES string of the molecule is Nc1ccccc1-c1ccccc1NC(F)(F)F. The van der Waals surface area contributed by atoms with Crippen LogP contribution >= 0.6 is 0 Å². The van der Waals surface area contributed by atoms with Crippen LogP contribution in [0.5, 0.6) is 0 Å². The van der Waals surface area contributed by atoms with E-state index in [9.17, 15) is 13.2 Å². The molecule has 0 bridgehead atoms. The second-order valence-electron chi connectivity index (χ2n) is 3.76. The highest BCUT2D eigenvalue weighted by molar-refractivity contribution is 5.85. The predicted octanol–water partition coefficient (Wildman–Crippen LogP) is 3.87. The van der Waals surface area contributed by atoms with Crippen molar-refractivity contribution in [1.82, 2.24) is 0 Å². The maximum Gasteiger partial charge on any atom is 0.482 e. The number of nitrogens with two attached hydrogens (primary N) is 1. The van der Waals surface area contributed by atoms with E-state index in [1.54, 1.807) is 36.4 Å². The Morgan fingerprint density at radius 2 is 1.39 bits per heavy atom. The third-order valence-corrected chi connectivity index (χ3v) is 2.45. The second-order valence-corrected chi connectivity index (χ2v) is 3.76. The van der Waals surface area contributed by atoms with Crippen LogP contribution in [0, 0.1) is 0 Å². The molecule has 94 valence electrons. The number of alkyl halides is 3. The van der Waals surface area contributed by atoms with Crippen molar-refractivity contribution < 1.29 is 13.2 Å². The van der Waals surface area contributed by atoms with Crippen LogP contribution in [0.25, 0.3) is 11.1 Å². The van der Waals surface area contributed by atoms with Gasteiger partial charge in [0.2, 0.25) is 0 Å². The van der Waals surface area contributed by atoms with Crippen LogP contribution < -0.4 is 11.1 Å². The molecule has 0 aromatic heterocycles. The van der Waals surface area contributed by atoms with Gasteiger partial charge in [0.1, 0.15) is 0 Å². The molecular weight excluding hydrogens is 241 g/mol. The summed E-state index contributed by atoms with van der Waals surface area (Å²) in [6.07, 6.45) is -4.47. The number of benzene rings is 2. The summed E-state index contributed by atoms with van der Waals surface area (Å²) in [5.41, 5.74) is 7.20. The fourth-order valence-corrected chi connectivity index (χ4v) is 1.72. The summed E-state index contributed by atoms with van der Waals surface area (Å²) in [6.45, 7) is 0. The van der Waals surface area contributed by atoms with E-state index >= 15 is 0 Å². The van der Waals surface area contributed by atoms with Gasteiger partial charge in [0.25, 0.3) is 0 Å². The largest absolute Gasteiger partial charge is 0.482 e. The molecule has 2 rings (SSSR count). The lowest BCUT2D eigenvalue weighted by molar-refractivity contribution is -0.0998. The van der Waals surface area contributed by atoms with Gasteiger partial charge >= 0.3 is 6.30 Å². The van der Waals surface area contributed by atoms with Gasteiger partial charge in [-0.05, 0) is 12.1 Å². The molecule has 0 spiro atoms. The van der Waals surface area contributed by atoms with Crippen molar-refractivity contribution in [2.75, 3.05) is 11.1 Å². The fourth-order valence-electron chi connectivity index (χ4n) is 1.72. The molecule has 0 unspecified atom stereocenters. The molecule has 2 aromatic rings. The molecule has 2 aromatic carbocycles. The molecule has 0 aliphatic heterocycles. The first-order chi connectivity index (χ1) is 8.47. The molecule has 0 amide bonds. The van der Waals surface area contributed by atoms with Crippen molar-refractivity contribution in [3.05, 3.63) is 48.5 Å². The van der Waals surface area contributed by atoms with E-state index in [2.05, 4.69) is 0 Å². The Labute approximate surface area is 102 Å². The first-order valence-electron chi connectivity index (χ1n) is 5.26. The Morgan fingerprint density at radius 3 is 2.00 bits per heavy atom. The number of halogens is 3. The minimum absolute atomic E-state index is 0.0112. The van der Waals surface area contributed by atoms with Gasteiger partial charge in [0.05, 0.1) is 0 Å². The topological polar surface area (TPSA) is 38.0 Å². The van der Waals surface area contributed by atoms with Crippen LogP contribution in [0.4, 0.5) is 24.5 Å². The second kappa shape index (κ2) is 4.60. The predicted molar refractivity (Wildman–Crippen MR) is 66.0 cm³/mol. The Balaban J connectivity index is 2.49. The van der Waals surface area contributed by atoms with Crippen LogP contribution in [0.15, 0.2) is 48.5 Å². The molecule has 0 saturated heterocycles. The van der Waals surface area contributed by atoms with Gasteiger partial charge in [-0.25, -0.2) is 0 Å². The first-order valence-corrected chi connectivity index (χ1v) is 5.26. The van der Waals surface area contributed by atoms with Crippen molar-refractivity contribution in [3.63, 3.8) is 0 Å². The number of nitrogens with one attached hydrogen (secondary N) is 1. The van der Waals surface area contributed by atoms with E-state index in [1.807, 2.05) is 0 Å². The number of hydrogen-bond acceptors (Lipinski definition) is 2. The van der Waals surface area contributed by atoms with Crippen molar-refractivity contribution in [1.29, 1.82) is 0 Å². The lowest BCUT2D eigenvalue weighted by Gasteiger charge is -2.15. The average Bonchev–Trinajstić information content (AvgIpc) is 2.29. The molecule has 0 fully saturated rings. The highest BCUT2D eigenvalue weighted by Crippen LogP contribution is 2.34. The van der Waals surface area contributed by atoms with Crippen LogP contribution in [0.1, 0.15) is 0 Å². The van der Waals surface area contributed by atoms with Crippen LogP contribution in [0.2, 0.25) is 0 Å². The minimum atomic E-state index is -4.47. The normalized spacial score (nSPS) is 11.3. The lowest BCUT2D eigenvalue weighted by Crippen LogP contribution is -2.21. The van der Waals surface area contributed by atoms with Gasteiger partial charge in [-0.3, -0.25) is 5.32 Å². The molecule has 3 N–H and O–H groups in total. The zero-order chi connectivity index (χ0) is 13.2. The fraction of sp³-hybridized carbons (Fsp3) is 0.0769. The third-order valence-electron chi connectivity index (χ3n) is 2.45. The summed E-state index contributed by atoms with van der Waals surface area (Å²) < 4.78 is 37.2. The zero-order valence-corrected chi connectivity index (χ0v) is 9.33. The van der Waals surface area contributed by atoms with E-state index in [1.165, 1.54) is 17.4 Å². The molecule has 18 heavy (non-hydrogen) atoms. The lowest BCUT2D eigenvalue weighted by atomic mass is 10.0. The van der Waals surface area contributed by atoms with E-state index in [0.29, 0.717) is 16.8 Å². The molecule has 2 nitrogen and oxygen atoms in total. The number of rotatable bonds is 2. The van der Waals surface area contributed by atoms with Crippen molar-refractivity contribution in [2.45, 2.75) is 6.30 Å². The van der Waals surface area contributed by atoms with Gasteiger partial charge < -0.3 is 5.73 Å². The number of anilines is 2. The van der Waals surface area contributed by atoms with E-state index in [-0.39, 0.29) is 5.69 Å². The third kappa shape index (κ3) is 2.74. The molecular formula is C13H11F3N2. The monoisotopic (exact) mass is 252 g/mol. The summed E-state index contributed by atoms with van der Waals surface area (Å²) in [4.78, 5) is 0. The van der Waals surface area contributed by atoms with E-state index < -0.39 is 6.30 Å². The van der Waals surface area contributed by atoms with Gasteiger partial charge in [0.15, 0.2) is 0 Å². The smallest absolute Gasteiger partial charge is 0.398 e. The Kier molecular flexibility index (Phi) is 3.14. The number of para-hydroxylation sites is 2. The Morgan fingerprint density at radius 1 is 0.833 bits per heavy atom. The maximum absolute atomic E-state index is 12.4. The molecule has 0 radical (unpaired) electrons. The first kappa shape index (κ1) is 12.3. The standard InChI is InChI=1S/C13H11F3N2/c14-13(15,16)18-12-8-4-2-6-10(12)9-5-1-3-7-11(9)17/h1-8,18H,17H2. The molecule has 0 heterocycles. The molecule has 0 aliphatic rings. The Bertz CT molecular complexity index is 550. The molecule has 0 atom stereocenters. The highest BCUT2D eigenvalue weighted by Gasteiger charge is 2.28. The quantitative estimate of drug-likeness (QED) is 0.629. The van der Waals surface area contributed by atoms with E-state index in [4.69, 9.17) is 5.73 Å². The zero-order valence-electron chi connectivity index (χ0n) is 9.33. The van der Waals surface area contributed by atoms with Crippen LogP contribution in [-0.4, -0.2) is 6.30 Å². The highest BCUT2D eigenvalue weighted by atomic mass is 19.4. The van der Waals surface area contributed by atoms with Gasteiger partial charge in [-0.2, -0.15) is 13.2 Å². The van der Waals surface area contributed by atoms with Gasteiger partial charge in [0, 0.05) is 22.5 Å². The number of hydrogen-bond donors (Lipinski definition) is 2. The van der Waals surface area contributed by atoms with E-state index in [0.717, 1.165) is 0 Å². The van der Waals surface area contributed by atoms with Crippen LogP contribution in [0.3, 0.4) is 0 Å². The van der Waals surface area contributed by atoms with Crippen molar-refractivity contribution in [3.8, 4) is 11.1 Å². The summed E-state index contributed by atoms with van der Waals surface area (Å²) in [5, 5.41) is 1.52. The molecule has 0 saturated carbocycles. The minimum Gasteiger partial charge on any atom is -0.398 e. The summed E-state index contributed by atoms with van der Waals surface area (Å²) in [7, 11) is 0. The molecule has 0 aliphatic carbocycles. The molecule has 5 heteroatoms. The van der Waals surface area contributed by atoms with Crippen molar-refractivity contribution >= 4 is 11.4 Å². The van der Waals surface area contributed by atoms with Gasteiger partial charge in [-0.15, -0.1) is 0 Å². The van der Waals surface area contributed by atoms with Crippen LogP contribution in [-0.2, 0) is 0 Å². The average molecular weight is 252 g/mol. The maximum atomic E-state index is 12.4. The summed E-state index contributed by atoms with van der Waals surface area (Å²) >= 11 is 0. The Hall–Kier alpha value is -2.17. The van der Waals surface area contributed by atoms with Gasteiger partial charge in [-0.1, -0.05) is 36.4 Å². The summed E-state index contributed by atoms with van der Waals surface area (Å²) in [6, 6.07) is 13.0. The van der Waals surface area contributed by atoms with Crippen molar-refractivity contribution in [2.24, 2.45) is 0 Å². The summed E-state index contributed by atoms with van der Waals surface area (Å²) in [5.74, 6) is 0.